The molecule has 1 amide bonds. The summed E-state index contributed by atoms with van der Waals surface area (Å²) < 4.78 is 7.85. The zero-order chi connectivity index (χ0) is 30.1. The number of carbonyl (C=O) groups is 1. The van der Waals surface area contributed by atoms with Gasteiger partial charge in [0.2, 0.25) is 5.91 Å². The van der Waals surface area contributed by atoms with E-state index in [1.54, 1.807) is 50.4 Å². The van der Waals surface area contributed by atoms with Gasteiger partial charge in [-0.3, -0.25) is 14.0 Å². The van der Waals surface area contributed by atoms with Gasteiger partial charge in [-0.1, -0.05) is 41.9 Å². The summed E-state index contributed by atoms with van der Waals surface area (Å²) in [5.41, 5.74) is 10.9. The molecule has 0 fully saturated rings. The van der Waals surface area contributed by atoms with Crippen LogP contribution in [0.5, 0.6) is 5.75 Å². The van der Waals surface area contributed by atoms with E-state index in [4.69, 9.17) is 22.1 Å². The summed E-state index contributed by atoms with van der Waals surface area (Å²) in [6.45, 7) is 5.27. The highest BCUT2D eigenvalue weighted by Gasteiger charge is 2.31. The average Bonchev–Trinajstić information content (AvgIpc) is 3.31. The van der Waals surface area contributed by atoms with Crippen LogP contribution in [-0.4, -0.2) is 27.1 Å². The summed E-state index contributed by atoms with van der Waals surface area (Å²) in [5.74, 6) is -0.181. The van der Waals surface area contributed by atoms with Crippen LogP contribution in [0.3, 0.4) is 0 Å². The molecule has 212 valence electrons. The number of nitrogens with zero attached hydrogens (tertiary/aromatic N) is 2. The van der Waals surface area contributed by atoms with Gasteiger partial charge < -0.3 is 15.6 Å². The molecule has 3 N–H and O–H groups in total. The predicted octanol–water partition coefficient (Wildman–Crippen LogP) is 4.99. The number of fused-ring (bicyclic) bond motifs is 4. The van der Waals surface area contributed by atoms with E-state index in [1.165, 1.54) is 17.6 Å². The lowest BCUT2D eigenvalue weighted by Crippen LogP contribution is -2.36. The van der Waals surface area contributed by atoms with Crippen LogP contribution in [0.1, 0.15) is 46.5 Å². The summed E-state index contributed by atoms with van der Waals surface area (Å²) in [7, 11) is 1.48. The number of carbonyl (C=O) groups excluding carboxylic acids is 1. The molecule has 0 radical (unpaired) electrons. The first kappa shape index (κ1) is 27.5. The Morgan fingerprint density at radius 2 is 1.79 bits per heavy atom. The number of rotatable bonds is 5. The second kappa shape index (κ2) is 9.72. The van der Waals surface area contributed by atoms with E-state index >= 15 is 0 Å². The van der Waals surface area contributed by atoms with E-state index in [0.29, 0.717) is 50.7 Å². The number of pyridine rings is 1. The van der Waals surface area contributed by atoms with E-state index in [1.807, 2.05) is 31.2 Å². The second-order valence-electron chi connectivity index (χ2n) is 11.0. The SMILES string of the molecule is COc1cccn2c(=O)n(-c3cccc(-c4c(Cl)cc(C(N)=O)c5c4-c4ccc(C(C)(C)O)cc4C5)c3C)c(=O)cc12. The van der Waals surface area contributed by atoms with Crippen LogP contribution in [0, 0.1) is 6.92 Å². The summed E-state index contributed by atoms with van der Waals surface area (Å²) in [6.07, 6.45) is 2.02. The van der Waals surface area contributed by atoms with Crippen molar-refractivity contribution in [3.63, 3.8) is 0 Å². The summed E-state index contributed by atoms with van der Waals surface area (Å²) >= 11 is 6.91. The maximum Gasteiger partial charge on any atom is 0.340 e. The van der Waals surface area contributed by atoms with Crippen molar-refractivity contribution in [2.75, 3.05) is 7.11 Å². The molecule has 1 aliphatic carbocycles. The summed E-state index contributed by atoms with van der Waals surface area (Å²) in [5, 5.41) is 10.9. The van der Waals surface area contributed by atoms with Crippen molar-refractivity contribution in [3.8, 4) is 33.7 Å². The van der Waals surface area contributed by atoms with E-state index in [2.05, 4.69) is 0 Å². The lowest BCUT2D eigenvalue weighted by Gasteiger charge is -2.20. The van der Waals surface area contributed by atoms with Crippen LogP contribution in [0.15, 0.2) is 76.4 Å². The van der Waals surface area contributed by atoms with Crippen molar-refractivity contribution >= 4 is 23.0 Å². The van der Waals surface area contributed by atoms with Gasteiger partial charge in [0.05, 0.1) is 23.9 Å². The molecule has 0 saturated heterocycles. The second-order valence-corrected chi connectivity index (χ2v) is 11.4. The average molecular weight is 582 g/mol. The fraction of sp³-hybridized carbons (Fsp3) is 0.182. The minimum Gasteiger partial charge on any atom is -0.495 e. The van der Waals surface area contributed by atoms with Crippen molar-refractivity contribution in [2.45, 2.75) is 32.8 Å². The maximum absolute atomic E-state index is 13.6. The van der Waals surface area contributed by atoms with Gasteiger partial charge in [-0.2, -0.15) is 0 Å². The van der Waals surface area contributed by atoms with E-state index in [0.717, 1.165) is 32.4 Å². The minimum atomic E-state index is -1.05. The Kier molecular flexibility index (Phi) is 6.36. The van der Waals surface area contributed by atoms with Gasteiger partial charge in [0.15, 0.2) is 0 Å². The zero-order valence-corrected chi connectivity index (χ0v) is 24.2. The molecule has 42 heavy (non-hydrogen) atoms. The lowest BCUT2D eigenvalue weighted by molar-refractivity contribution is 0.0785. The molecule has 3 aromatic carbocycles. The highest BCUT2D eigenvalue weighted by atomic mass is 35.5. The number of nitrogens with two attached hydrogens (primary N) is 1. The third-order valence-electron chi connectivity index (χ3n) is 8.01. The van der Waals surface area contributed by atoms with E-state index in [-0.39, 0.29) is 0 Å². The molecule has 0 aliphatic heterocycles. The number of hydrogen-bond donors (Lipinski definition) is 2. The molecule has 6 rings (SSSR count). The Balaban J connectivity index is 1.63. The Hall–Kier alpha value is -4.66. The number of primary amides is 1. The Bertz CT molecular complexity index is 2090. The van der Waals surface area contributed by atoms with Crippen molar-refractivity contribution in [3.05, 3.63) is 121 Å². The molecule has 2 heterocycles. The lowest BCUT2D eigenvalue weighted by atomic mass is 9.88. The first-order valence-corrected chi connectivity index (χ1v) is 13.7. The largest absolute Gasteiger partial charge is 0.495 e. The molecule has 2 aromatic heterocycles. The summed E-state index contributed by atoms with van der Waals surface area (Å²) in [6, 6.07) is 17.4. The molecule has 5 aromatic rings. The van der Waals surface area contributed by atoms with Crippen molar-refractivity contribution in [2.24, 2.45) is 5.73 Å². The number of hydrogen-bond acceptors (Lipinski definition) is 5. The number of methoxy groups -OCH3 is 1. The number of aromatic nitrogens is 2. The number of ether oxygens (including phenoxy) is 1. The zero-order valence-electron chi connectivity index (χ0n) is 23.5. The van der Waals surface area contributed by atoms with Crippen LogP contribution in [0.25, 0.3) is 33.5 Å². The van der Waals surface area contributed by atoms with Crippen LogP contribution in [0.2, 0.25) is 5.02 Å². The third-order valence-corrected chi connectivity index (χ3v) is 8.31. The van der Waals surface area contributed by atoms with Gasteiger partial charge in [-0.15, -0.1) is 0 Å². The molecule has 0 bridgehead atoms. The normalized spacial score (nSPS) is 12.3. The number of halogens is 1. The van der Waals surface area contributed by atoms with E-state index in [9.17, 15) is 19.5 Å². The van der Waals surface area contributed by atoms with Gasteiger partial charge in [-0.25, -0.2) is 9.36 Å². The Labute approximate surface area is 246 Å². The highest BCUT2D eigenvalue weighted by molar-refractivity contribution is 6.35. The van der Waals surface area contributed by atoms with E-state index < -0.39 is 22.8 Å². The van der Waals surface area contributed by atoms with Crippen molar-refractivity contribution in [1.29, 1.82) is 0 Å². The first-order valence-electron chi connectivity index (χ1n) is 13.4. The summed E-state index contributed by atoms with van der Waals surface area (Å²) in [4.78, 5) is 39.5. The molecule has 0 spiro atoms. The topological polar surface area (TPSA) is 116 Å². The fourth-order valence-corrected chi connectivity index (χ4v) is 6.24. The van der Waals surface area contributed by atoms with Gasteiger partial charge >= 0.3 is 5.69 Å². The Morgan fingerprint density at radius 1 is 1.02 bits per heavy atom. The third kappa shape index (κ3) is 4.14. The molecule has 9 heteroatoms. The Morgan fingerprint density at radius 3 is 2.48 bits per heavy atom. The standard InChI is InChI=1S/C33H28ClN3O5/c1-17-20(7-5-8-25(17)37-28(38)16-26-27(42-4)9-6-12-36(26)32(37)40)30-24(34)15-23(31(35)39)22-14-18-13-19(33(2,3)41)10-11-21(18)29(22)30/h5-13,15-16,41H,14H2,1-4H3,(H2,35,39). The van der Waals surface area contributed by atoms with Crippen LogP contribution in [0.4, 0.5) is 0 Å². The maximum atomic E-state index is 13.6. The monoisotopic (exact) mass is 581 g/mol. The van der Waals surface area contributed by atoms with Gasteiger partial charge in [0.25, 0.3) is 5.56 Å². The first-order chi connectivity index (χ1) is 19.9. The molecule has 0 unspecified atom stereocenters. The molecular weight excluding hydrogens is 554 g/mol. The minimum absolute atomic E-state index is 0.314. The van der Waals surface area contributed by atoms with Gasteiger partial charge in [0.1, 0.15) is 5.75 Å². The predicted molar refractivity (Wildman–Crippen MR) is 163 cm³/mol. The molecular formula is C33H28ClN3O5. The number of amides is 1. The highest BCUT2D eigenvalue weighted by Crippen LogP contribution is 2.49. The smallest absolute Gasteiger partial charge is 0.340 e. The van der Waals surface area contributed by atoms with Crippen LogP contribution < -0.4 is 21.7 Å². The van der Waals surface area contributed by atoms with Gasteiger partial charge in [-0.05, 0) is 90.4 Å². The van der Waals surface area contributed by atoms with Crippen molar-refractivity contribution < 1.29 is 14.6 Å². The van der Waals surface area contributed by atoms with Crippen LogP contribution in [-0.2, 0) is 12.0 Å². The number of benzene rings is 3. The fourth-order valence-electron chi connectivity index (χ4n) is 5.93. The molecule has 0 atom stereocenters. The van der Waals surface area contributed by atoms with Crippen molar-refractivity contribution in [1.82, 2.24) is 8.97 Å². The molecule has 0 saturated carbocycles. The van der Waals surface area contributed by atoms with Gasteiger partial charge in [0, 0.05) is 28.4 Å². The molecule has 8 nitrogen and oxygen atoms in total. The van der Waals surface area contributed by atoms with Crippen LogP contribution >= 0.6 is 11.6 Å². The molecule has 1 aliphatic rings. The quantitative estimate of drug-likeness (QED) is 0.298. The number of aliphatic hydroxyl groups is 1.